The average Bonchev–Trinajstić information content (AvgIpc) is 2.41. The third-order valence-electron chi connectivity index (χ3n) is 3.13. The van der Waals surface area contributed by atoms with E-state index in [1.165, 1.54) is 12.8 Å². The van der Waals surface area contributed by atoms with E-state index in [1.807, 2.05) is 0 Å². The Balaban J connectivity index is 1.91. The summed E-state index contributed by atoms with van der Waals surface area (Å²) in [5.41, 5.74) is 0. The summed E-state index contributed by atoms with van der Waals surface area (Å²) in [6.07, 6.45) is 1.59. The zero-order valence-corrected chi connectivity index (χ0v) is 7.75. The zero-order valence-electron chi connectivity index (χ0n) is 7.75. The molecule has 0 spiro atoms. The van der Waals surface area contributed by atoms with Crippen LogP contribution < -0.4 is 5.32 Å². The van der Waals surface area contributed by atoms with Crippen molar-refractivity contribution in [1.82, 2.24) is 10.2 Å². The lowest BCUT2D eigenvalue weighted by molar-refractivity contribution is 0.0548. The summed E-state index contributed by atoms with van der Waals surface area (Å²) >= 11 is 0. The number of fused-ring (bicyclic) bond motifs is 2. The molecular weight excluding hydrogens is 171 g/mol. The Morgan fingerprint density at radius 3 is 2.54 bits per heavy atom. The van der Waals surface area contributed by atoms with Crippen molar-refractivity contribution in [3.8, 4) is 0 Å². The van der Waals surface area contributed by atoms with Gasteiger partial charge in [-0.3, -0.25) is 4.90 Å². The molecular formula is C9H17FN2O. The van der Waals surface area contributed by atoms with E-state index in [9.17, 15) is 9.50 Å². The van der Waals surface area contributed by atoms with Crippen LogP contribution in [0.2, 0.25) is 0 Å². The molecule has 0 aromatic heterocycles. The summed E-state index contributed by atoms with van der Waals surface area (Å²) in [7, 11) is 0. The second-order valence-corrected chi connectivity index (χ2v) is 4.05. The number of aliphatic hydroxyl groups is 1. The minimum atomic E-state index is -0.791. The molecule has 76 valence electrons. The van der Waals surface area contributed by atoms with Crippen LogP contribution in [-0.2, 0) is 0 Å². The topological polar surface area (TPSA) is 35.5 Å². The van der Waals surface area contributed by atoms with E-state index in [-0.39, 0.29) is 0 Å². The molecule has 3 nitrogen and oxygen atoms in total. The number of hydrogen-bond donors (Lipinski definition) is 2. The van der Waals surface area contributed by atoms with E-state index in [0.717, 1.165) is 13.1 Å². The van der Waals surface area contributed by atoms with Gasteiger partial charge in [-0.05, 0) is 12.8 Å². The first-order valence-electron chi connectivity index (χ1n) is 5.01. The number of piperazine rings is 1. The van der Waals surface area contributed by atoms with Crippen LogP contribution in [0.25, 0.3) is 0 Å². The maximum Gasteiger partial charge on any atom is 0.117 e. The smallest absolute Gasteiger partial charge is 0.117 e. The molecule has 2 aliphatic heterocycles. The van der Waals surface area contributed by atoms with E-state index in [1.54, 1.807) is 0 Å². The van der Waals surface area contributed by atoms with Crippen molar-refractivity contribution in [2.75, 3.05) is 26.3 Å². The molecule has 0 aliphatic carbocycles. The summed E-state index contributed by atoms with van der Waals surface area (Å²) in [5, 5.41) is 12.6. The predicted molar refractivity (Wildman–Crippen MR) is 48.4 cm³/mol. The lowest BCUT2D eigenvalue weighted by Crippen LogP contribution is -2.54. The summed E-state index contributed by atoms with van der Waals surface area (Å²) < 4.78 is 12.1. The number of alkyl halides is 1. The monoisotopic (exact) mass is 188 g/mol. The third-order valence-corrected chi connectivity index (χ3v) is 3.13. The highest BCUT2D eigenvalue weighted by Crippen LogP contribution is 2.26. The van der Waals surface area contributed by atoms with Crippen molar-refractivity contribution >= 4 is 0 Å². The molecule has 3 atom stereocenters. The number of aliphatic hydroxyl groups excluding tert-OH is 1. The Hall–Kier alpha value is -0.190. The van der Waals surface area contributed by atoms with Gasteiger partial charge in [-0.25, -0.2) is 4.39 Å². The zero-order chi connectivity index (χ0) is 9.26. The van der Waals surface area contributed by atoms with Crippen LogP contribution in [0.3, 0.4) is 0 Å². The van der Waals surface area contributed by atoms with Crippen molar-refractivity contribution in [2.24, 2.45) is 0 Å². The van der Waals surface area contributed by atoms with Crippen LogP contribution >= 0.6 is 0 Å². The standard InChI is InChI=1S/C9H17FN2O/c10-3-9(13)6-12-7-1-2-8(12)5-11-4-7/h7-9,11,13H,1-6H2. The number of halogens is 1. The van der Waals surface area contributed by atoms with Crippen molar-refractivity contribution in [3.63, 3.8) is 0 Å². The maximum absolute atomic E-state index is 12.1. The first-order chi connectivity index (χ1) is 6.31. The molecule has 4 heteroatoms. The molecule has 2 heterocycles. The lowest BCUT2D eigenvalue weighted by atomic mass is 10.2. The van der Waals surface area contributed by atoms with Crippen LogP contribution in [0.5, 0.6) is 0 Å². The molecule has 2 bridgehead atoms. The predicted octanol–water partition coefficient (Wildman–Crippen LogP) is -0.247. The highest BCUT2D eigenvalue weighted by atomic mass is 19.1. The van der Waals surface area contributed by atoms with E-state index in [2.05, 4.69) is 10.2 Å². The molecule has 3 unspecified atom stereocenters. The quantitative estimate of drug-likeness (QED) is 0.641. The lowest BCUT2D eigenvalue weighted by Gasteiger charge is -2.36. The summed E-state index contributed by atoms with van der Waals surface area (Å²) in [4.78, 5) is 2.26. The summed E-state index contributed by atoms with van der Waals surface area (Å²) in [6.45, 7) is 1.88. The molecule has 0 aromatic rings. The Labute approximate surface area is 77.9 Å². The Morgan fingerprint density at radius 2 is 2.00 bits per heavy atom. The van der Waals surface area contributed by atoms with Crippen LogP contribution in [0.1, 0.15) is 12.8 Å². The SMILES string of the molecule is OC(CF)CN1C2CCC1CNC2. The van der Waals surface area contributed by atoms with Crippen molar-refractivity contribution in [2.45, 2.75) is 31.0 Å². The molecule has 0 aromatic carbocycles. The average molecular weight is 188 g/mol. The van der Waals surface area contributed by atoms with Gasteiger partial charge >= 0.3 is 0 Å². The van der Waals surface area contributed by atoms with Crippen molar-refractivity contribution in [1.29, 1.82) is 0 Å². The normalized spacial score (nSPS) is 36.5. The Morgan fingerprint density at radius 1 is 1.38 bits per heavy atom. The fourth-order valence-corrected chi connectivity index (χ4v) is 2.46. The van der Waals surface area contributed by atoms with Gasteiger partial charge in [0, 0.05) is 31.7 Å². The second-order valence-electron chi connectivity index (χ2n) is 4.05. The van der Waals surface area contributed by atoms with Gasteiger partial charge in [0.2, 0.25) is 0 Å². The number of nitrogens with zero attached hydrogens (tertiary/aromatic N) is 1. The van der Waals surface area contributed by atoms with E-state index < -0.39 is 12.8 Å². The number of rotatable bonds is 3. The van der Waals surface area contributed by atoms with Gasteiger partial charge in [0.05, 0.1) is 6.10 Å². The maximum atomic E-state index is 12.1. The van der Waals surface area contributed by atoms with Gasteiger partial charge in [-0.2, -0.15) is 0 Å². The van der Waals surface area contributed by atoms with Crippen LogP contribution in [0.15, 0.2) is 0 Å². The molecule has 13 heavy (non-hydrogen) atoms. The minimum Gasteiger partial charge on any atom is -0.389 e. The number of hydrogen-bond acceptors (Lipinski definition) is 3. The van der Waals surface area contributed by atoms with Crippen molar-refractivity contribution < 1.29 is 9.50 Å². The fraction of sp³-hybridized carbons (Fsp3) is 1.00. The van der Waals surface area contributed by atoms with Crippen LogP contribution in [-0.4, -0.2) is 54.5 Å². The first-order valence-corrected chi connectivity index (χ1v) is 5.01. The second kappa shape index (κ2) is 3.90. The van der Waals surface area contributed by atoms with E-state index in [4.69, 9.17) is 0 Å². The highest BCUT2D eigenvalue weighted by molar-refractivity contribution is 4.94. The van der Waals surface area contributed by atoms with E-state index in [0.29, 0.717) is 18.6 Å². The largest absolute Gasteiger partial charge is 0.389 e. The molecule has 2 N–H and O–H groups in total. The van der Waals surface area contributed by atoms with Crippen LogP contribution in [0.4, 0.5) is 4.39 Å². The van der Waals surface area contributed by atoms with Gasteiger partial charge < -0.3 is 10.4 Å². The molecule has 0 amide bonds. The van der Waals surface area contributed by atoms with E-state index >= 15 is 0 Å². The minimum absolute atomic E-state index is 0.507. The van der Waals surface area contributed by atoms with Gasteiger partial charge in [0.15, 0.2) is 0 Å². The van der Waals surface area contributed by atoms with Gasteiger partial charge in [-0.1, -0.05) is 0 Å². The summed E-state index contributed by atoms with van der Waals surface area (Å²) in [5.74, 6) is 0. The van der Waals surface area contributed by atoms with Gasteiger partial charge in [0.1, 0.15) is 6.67 Å². The van der Waals surface area contributed by atoms with Gasteiger partial charge in [-0.15, -0.1) is 0 Å². The van der Waals surface area contributed by atoms with Gasteiger partial charge in [0.25, 0.3) is 0 Å². The molecule has 2 fully saturated rings. The third kappa shape index (κ3) is 1.85. The molecule has 0 radical (unpaired) electrons. The first kappa shape index (κ1) is 9.37. The Bertz CT molecular complexity index is 163. The summed E-state index contributed by atoms with van der Waals surface area (Å²) in [6, 6.07) is 1.06. The molecule has 2 saturated heterocycles. The molecule has 2 rings (SSSR count). The molecule has 2 aliphatic rings. The number of nitrogens with one attached hydrogen (secondary N) is 1. The fourth-order valence-electron chi connectivity index (χ4n) is 2.46. The van der Waals surface area contributed by atoms with Crippen LogP contribution in [0, 0.1) is 0 Å². The molecule has 0 saturated carbocycles. The van der Waals surface area contributed by atoms with Crippen molar-refractivity contribution in [3.05, 3.63) is 0 Å². The Kier molecular flexibility index (Phi) is 2.81. The highest BCUT2D eigenvalue weighted by Gasteiger charge is 2.36.